The quantitative estimate of drug-likeness (QED) is 0.0571. The third-order valence-electron chi connectivity index (χ3n) is 12.5. The van der Waals surface area contributed by atoms with Gasteiger partial charge in [-0.05, 0) is 0 Å². The van der Waals surface area contributed by atoms with Gasteiger partial charge >= 0.3 is 5.97 Å². The van der Waals surface area contributed by atoms with Gasteiger partial charge in [-0.15, -0.1) is 0 Å². The average Bonchev–Trinajstić information content (AvgIpc) is 3.31. The van der Waals surface area contributed by atoms with E-state index in [2.05, 4.69) is 16.0 Å². The molecule has 5 aliphatic rings. The van der Waals surface area contributed by atoms with Crippen molar-refractivity contribution in [2.45, 2.75) is 186 Å². The van der Waals surface area contributed by atoms with Crippen molar-refractivity contribution in [2.24, 2.45) is 0 Å². The largest absolute Gasteiger partial charge is 0.477 e. The van der Waals surface area contributed by atoms with Gasteiger partial charge in [0.25, 0.3) is 5.79 Å². The van der Waals surface area contributed by atoms with Gasteiger partial charge in [-0.3, -0.25) is 14.4 Å². The summed E-state index contributed by atoms with van der Waals surface area (Å²) in [6.45, 7) is -2.08. The van der Waals surface area contributed by atoms with Crippen LogP contribution < -0.4 is 16.0 Å². The van der Waals surface area contributed by atoms with Crippen LogP contribution in [0.5, 0.6) is 0 Å². The Balaban J connectivity index is 1.37. The molecule has 410 valence electrons. The molecule has 32 nitrogen and oxygen atoms in total. The molecule has 0 aromatic carbocycles. The molecule has 0 saturated carbocycles. The molecule has 19 N–H and O–H groups in total. The van der Waals surface area contributed by atoms with Crippen LogP contribution in [-0.4, -0.2) is 297 Å². The monoisotopic (exact) mass is 1040 g/mol. The Morgan fingerprint density at radius 3 is 1.56 bits per heavy atom. The zero-order valence-electron chi connectivity index (χ0n) is 38.1. The lowest BCUT2D eigenvalue weighted by Crippen LogP contribution is -2.70. The van der Waals surface area contributed by atoms with Gasteiger partial charge in [0, 0.05) is 27.2 Å². The minimum absolute atomic E-state index is 0.778. The van der Waals surface area contributed by atoms with Gasteiger partial charge in [-0.2, -0.15) is 0 Å². The van der Waals surface area contributed by atoms with E-state index in [1.807, 2.05) is 0 Å². The van der Waals surface area contributed by atoms with Crippen LogP contribution in [-0.2, 0) is 61.8 Å². The second-order valence-corrected chi connectivity index (χ2v) is 17.6. The highest BCUT2D eigenvalue weighted by molar-refractivity contribution is 5.77. The fourth-order valence-corrected chi connectivity index (χ4v) is 8.83. The average molecular weight is 1040 g/mol. The molecule has 0 aromatic rings. The van der Waals surface area contributed by atoms with Crippen LogP contribution in [0.2, 0.25) is 0 Å². The molecule has 1 unspecified atom stereocenters. The first-order valence-electron chi connectivity index (χ1n) is 22.2. The molecular formula is C39H65N3O29. The summed E-state index contributed by atoms with van der Waals surface area (Å²) in [5, 5.41) is 177. The Bertz CT molecular complexity index is 1770. The summed E-state index contributed by atoms with van der Waals surface area (Å²) in [6, 6.07) is -5.03. The SMILES string of the molecule is CC(=O)N[C@H]1[C@@H](O[C@@H]2[C@H](O)[C@@H](O)[C@H](O[C@H]3[C@@H](O)[C@@H](CO[C@]4(C(=O)O)C[C@H](O)[C@@H](NC(C)=O)[C@H]([C@H](O)[C@H](O)CO)O4)OC(O)[C@@H]3NC(C)=O)O[C@@H]2CO)O[C@H](CO)[C@H](O)[C@@H]1O[C@@H]1O[C@H](CO)[C@H](O)[C@H](O)[C@H]1O. The van der Waals surface area contributed by atoms with E-state index in [1.165, 1.54) is 0 Å². The standard InChI is InChI=1S/C39H65N3O29/c1-10(47)40-19-13(50)4-39(38(61)62,71-33(19)22(52)14(51)5-43)63-9-18-25(55)31(20(34(60)64-18)41-11(2)48)69-37-29(59)27(57)30(17(8-46)67-37)68-35-21(42-12(3)49)32(24(54)16(7-45)65-35)70-36-28(58)26(56)23(53)15(6-44)66-36/h13-37,43-46,50-60H,4-9H2,1-3H3,(H,40,47)(H,41,48)(H,42,49)(H,61,62)/t13-,14+,15+,16+,17+,18+,19+,20+,21+,22+,23-,24-,25-,26-,27+,28+,29+,30-,31+,32+,33+,34?,35+,36-,37-,39+/m0/s1. The van der Waals surface area contributed by atoms with Gasteiger partial charge in [0.2, 0.25) is 17.7 Å². The maximum atomic E-state index is 12.8. The molecule has 5 aliphatic heterocycles. The molecule has 0 radical (unpaired) electrons. The van der Waals surface area contributed by atoms with Gasteiger partial charge in [0.05, 0.1) is 45.2 Å². The van der Waals surface area contributed by atoms with Crippen LogP contribution in [0.25, 0.3) is 0 Å². The van der Waals surface area contributed by atoms with Gasteiger partial charge in [0.1, 0.15) is 116 Å². The van der Waals surface area contributed by atoms with E-state index in [9.17, 15) is 101 Å². The second-order valence-electron chi connectivity index (χ2n) is 17.6. The van der Waals surface area contributed by atoms with E-state index >= 15 is 0 Å². The number of hydrogen-bond acceptors (Lipinski definition) is 28. The Kier molecular flexibility index (Phi) is 20.7. The lowest BCUT2D eigenvalue weighted by molar-refractivity contribution is -0.375. The molecule has 5 heterocycles. The molecule has 0 spiro atoms. The highest BCUT2D eigenvalue weighted by Gasteiger charge is 2.59. The van der Waals surface area contributed by atoms with Crippen LogP contribution in [0.4, 0.5) is 0 Å². The van der Waals surface area contributed by atoms with E-state index in [4.69, 9.17) is 42.6 Å². The van der Waals surface area contributed by atoms with Crippen LogP contribution in [0, 0.1) is 0 Å². The summed E-state index contributed by atoms with van der Waals surface area (Å²) in [7, 11) is 0. The first-order valence-corrected chi connectivity index (χ1v) is 22.2. The number of carbonyl (C=O) groups is 4. The van der Waals surface area contributed by atoms with Crippen LogP contribution >= 0.6 is 0 Å². The summed E-state index contributed by atoms with van der Waals surface area (Å²) in [4.78, 5) is 49.5. The second kappa shape index (κ2) is 25.0. The van der Waals surface area contributed by atoms with Crippen LogP contribution in [0.1, 0.15) is 27.2 Å². The van der Waals surface area contributed by atoms with E-state index in [0.29, 0.717) is 0 Å². The maximum absolute atomic E-state index is 12.8. The number of hydrogen-bond donors (Lipinski definition) is 19. The van der Waals surface area contributed by atoms with Crippen molar-refractivity contribution in [3.8, 4) is 0 Å². The Labute approximate surface area is 402 Å². The molecule has 0 bridgehead atoms. The normalized spacial score (nSPS) is 45.0. The van der Waals surface area contributed by atoms with Gasteiger partial charge in [0.15, 0.2) is 25.2 Å². The molecule has 71 heavy (non-hydrogen) atoms. The number of aliphatic carboxylic acids is 1. The number of aliphatic hydroxyl groups excluding tert-OH is 15. The molecule has 0 aliphatic carbocycles. The van der Waals surface area contributed by atoms with Crippen LogP contribution in [0.3, 0.4) is 0 Å². The minimum atomic E-state index is -2.97. The lowest BCUT2D eigenvalue weighted by Gasteiger charge is -2.50. The van der Waals surface area contributed by atoms with Crippen molar-refractivity contribution in [2.75, 3.05) is 33.0 Å². The van der Waals surface area contributed by atoms with E-state index in [0.717, 1.165) is 20.8 Å². The van der Waals surface area contributed by atoms with Gasteiger partial charge in [-0.1, -0.05) is 0 Å². The third kappa shape index (κ3) is 13.1. The van der Waals surface area contributed by atoms with Crippen molar-refractivity contribution in [3.05, 3.63) is 0 Å². The molecule has 0 aromatic heterocycles. The molecule has 26 atom stereocenters. The summed E-state index contributed by atoms with van der Waals surface area (Å²) >= 11 is 0. The van der Waals surface area contributed by atoms with Gasteiger partial charge in [-0.25, -0.2) is 4.79 Å². The third-order valence-corrected chi connectivity index (χ3v) is 12.5. The summed E-state index contributed by atoms with van der Waals surface area (Å²) in [6.07, 6.45) is -43.9. The molecule has 32 heteroatoms. The first-order chi connectivity index (χ1) is 33.3. The topological polar surface area (TPSA) is 511 Å². The predicted octanol–water partition coefficient (Wildman–Crippen LogP) is -12.3. The predicted molar refractivity (Wildman–Crippen MR) is 219 cm³/mol. The molecule has 3 amide bonds. The highest BCUT2D eigenvalue weighted by Crippen LogP contribution is 2.37. The number of ether oxygens (including phenoxy) is 9. The van der Waals surface area contributed by atoms with Crippen LogP contribution in [0.15, 0.2) is 0 Å². The minimum Gasteiger partial charge on any atom is -0.477 e. The number of amides is 3. The van der Waals surface area contributed by atoms with Crippen molar-refractivity contribution < 1.29 is 144 Å². The number of rotatable bonds is 19. The maximum Gasteiger partial charge on any atom is 0.364 e. The highest BCUT2D eigenvalue weighted by atomic mass is 16.8. The van der Waals surface area contributed by atoms with E-state index in [-0.39, 0.29) is 0 Å². The summed E-state index contributed by atoms with van der Waals surface area (Å²) < 4.78 is 51.0. The number of carboxylic acid groups (broad SMARTS) is 1. The molecule has 5 rings (SSSR count). The Hall–Kier alpha value is -3.08. The fourth-order valence-electron chi connectivity index (χ4n) is 8.83. The number of aliphatic hydroxyl groups is 15. The zero-order chi connectivity index (χ0) is 53.0. The van der Waals surface area contributed by atoms with Crippen molar-refractivity contribution in [3.63, 3.8) is 0 Å². The zero-order valence-corrected chi connectivity index (χ0v) is 38.1. The van der Waals surface area contributed by atoms with E-state index < -0.39 is 222 Å². The number of carboxylic acids is 1. The lowest BCUT2D eigenvalue weighted by atomic mass is 9.88. The van der Waals surface area contributed by atoms with Crippen molar-refractivity contribution in [1.82, 2.24) is 16.0 Å². The fraction of sp³-hybridized carbons (Fsp3) is 0.897. The smallest absolute Gasteiger partial charge is 0.364 e. The molecule has 5 fully saturated rings. The molecular weight excluding hydrogens is 974 g/mol. The Morgan fingerprint density at radius 2 is 1.03 bits per heavy atom. The van der Waals surface area contributed by atoms with Gasteiger partial charge < -0.3 is 140 Å². The summed E-state index contributed by atoms with van der Waals surface area (Å²) in [5.41, 5.74) is 0. The summed E-state index contributed by atoms with van der Waals surface area (Å²) in [5.74, 6) is -7.37. The van der Waals surface area contributed by atoms with Crippen molar-refractivity contribution in [1.29, 1.82) is 0 Å². The van der Waals surface area contributed by atoms with Crippen molar-refractivity contribution >= 4 is 23.7 Å². The number of carbonyl (C=O) groups excluding carboxylic acids is 3. The first kappa shape index (κ1) is 58.8. The number of nitrogens with one attached hydrogen (secondary N) is 3. The van der Waals surface area contributed by atoms with E-state index in [1.54, 1.807) is 0 Å². The Morgan fingerprint density at radius 1 is 0.563 bits per heavy atom. The molecule has 5 saturated heterocycles.